The van der Waals surface area contributed by atoms with Gasteiger partial charge in [0.25, 0.3) is 0 Å². The highest BCUT2D eigenvalue weighted by Gasteiger charge is 2.35. The van der Waals surface area contributed by atoms with Gasteiger partial charge in [-0.1, -0.05) is 27.2 Å². The van der Waals surface area contributed by atoms with Crippen molar-refractivity contribution >= 4 is 10.0 Å². The molecule has 0 bridgehead atoms. The second-order valence-electron chi connectivity index (χ2n) is 5.49. The summed E-state index contributed by atoms with van der Waals surface area (Å²) in [4.78, 5) is 0. The topological polar surface area (TPSA) is 58.2 Å². The van der Waals surface area contributed by atoms with E-state index in [1.165, 1.54) is 0 Å². The van der Waals surface area contributed by atoms with Crippen LogP contribution in [0.2, 0.25) is 0 Å². The zero-order valence-electron chi connectivity index (χ0n) is 12.1. The van der Waals surface area contributed by atoms with E-state index in [4.69, 9.17) is 0 Å². The van der Waals surface area contributed by atoms with Crippen LogP contribution >= 0.6 is 0 Å². The quantitative estimate of drug-likeness (QED) is 0.744. The van der Waals surface area contributed by atoms with Crippen molar-refractivity contribution < 1.29 is 8.42 Å². The number of hydrogen-bond donors (Lipinski definition) is 2. The lowest BCUT2D eigenvalue weighted by molar-refractivity contribution is 0.368. The molecule has 0 radical (unpaired) electrons. The van der Waals surface area contributed by atoms with Crippen LogP contribution in [0.1, 0.15) is 47.0 Å². The molecule has 1 aliphatic rings. The second-order valence-corrected chi connectivity index (χ2v) is 7.62. The van der Waals surface area contributed by atoms with Gasteiger partial charge in [-0.25, -0.2) is 13.1 Å². The molecule has 0 saturated heterocycles. The van der Waals surface area contributed by atoms with Crippen LogP contribution < -0.4 is 10.0 Å². The maximum absolute atomic E-state index is 12.2. The van der Waals surface area contributed by atoms with Crippen LogP contribution in [0.25, 0.3) is 0 Å². The third-order valence-corrected chi connectivity index (χ3v) is 6.14. The SMILES string of the molecule is CCNCC(C)S(=O)(=O)NC1CCC(CC)C1C. The van der Waals surface area contributed by atoms with Gasteiger partial charge in [0.15, 0.2) is 0 Å². The van der Waals surface area contributed by atoms with E-state index in [9.17, 15) is 8.42 Å². The van der Waals surface area contributed by atoms with E-state index in [1.807, 2.05) is 6.92 Å². The van der Waals surface area contributed by atoms with E-state index in [2.05, 4.69) is 23.9 Å². The first-order valence-electron chi connectivity index (χ1n) is 7.14. The van der Waals surface area contributed by atoms with Crippen molar-refractivity contribution in [3.05, 3.63) is 0 Å². The van der Waals surface area contributed by atoms with Gasteiger partial charge in [-0.3, -0.25) is 0 Å². The van der Waals surface area contributed by atoms with Crippen LogP contribution in [0, 0.1) is 11.8 Å². The molecule has 0 heterocycles. The Balaban J connectivity index is 2.55. The number of hydrogen-bond acceptors (Lipinski definition) is 3. The summed E-state index contributed by atoms with van der Waals surface area (Å²) >= 11 is 0. The van der Waals surface area contributed by atoms with Crippen molar-refractivity contribution in [2.24, 2.45) is 11.8 Å². The normalized spacial score (nSPS) is 30.6. The molecule has 4 unspecified atom stereocenters. The van der Waals surface area contributed by atoms with E-state index in [-0.39, 0.29) is 11.3 Å². The first-order valence-corrected chi connectivity index (χ1v) is 8.68. The van der Waals surface area contributed by atoms with Crippen LogP contribution in [0.3, 0.4) is 0 Å². The lowest BCUT2D eigenvalue weighted by atomic mass is 9.94. The highest BCUT2D eigenvalue weighted by atomic mass is 32.2. The zero-order valence-corrected chi connectivity index (χ0v) is 12.9. The molecule has 18 heavy (non-hydrogen) atoms. The van der Waals surface area contributed by atoms with Crippen molar-refractivity contribution in [2.45, 2.75) is 58.2 Å². The van der Waals surface area contributed by atoms with Crippen molar-refractivity contribution in [2.75, 3.05) is 13.1 Å². The molecule has 1 fully saturated rings. The van der Waals surface area contributed by atoms with Crippen LogP contribution in [-0.4, -0.2) is 32.8 Å². The van der Waals surface area contributed by atoms with Gasteiger partial charge in [-0.05, 0) is 38.1 Å². The van der Waals surface area contributed by atoms with E-state index in [0.29, 0.717) is 18.4 Å². The van der Waals surface area contributed by atoms with Gasteiger partial charge in [0.05, 0.1) is 5.25 Å². The Labute approximate surface area is 112 Å². The average molecular weight is 276 g/mol. The minimum atomic E-state index is -3.19. The van der Waals surface area contributed by atoms with Crippen molar-refractivity contribution in [3.8, 4) is 0 Å². The second kappa shape index (κ2) is 6.87. The molecule has 5 heteroatoms. The average Bonchev–Trinajstić information content (AvgIpc) is 2.66. The van der Waals surface area contributed by atoms with E-state index < -0.39 is 10.0 Å². The fraction of sp³-hybridized carbons (Fsp3) is 1.00. The number of rotatable bonds is 7. The highest BCUT2D eigenvalue weighted by molar-refractivity contribution is 7.90. The van der Waals surface area contributed by atoms with Crippen LogP contribution in [0.15, 0.2) is 0 Å². The maximum atomic E-state index is 12.2. The van der Waals surface area contributed by atoms with Gasteiger partial charge in [0.2, 0.25) is 10.0 Å². The van der Waals surface area contributed by atoms with Crippen LogP contribution in [0.5, 0.6) is 0 Å². The zero-order chi connectivity index (χ0) is 13.8. The van der Waals surface area contributed by atoms with Crippen molar-refractivity contribution in [1.82, 2.24) is 10.0 Å². The Bertz CT molecular complexity index is 343. The van der Waals surface area contributed by atoms with Crippen LogP contribution in [-0.2, 0) is 10.0 Å². The third-order valence-electron chi connectivity index (χ3n) is 4.28. The molecule has 0 spiro atoms. The number of sulfonamides is 1. The summed E-state index contributed by atoms with van der Waals surface area (Å²) in [5.41, 5.74) is 0. The molecular formula is C13H28N2O2S. The van der Waals surface area contributed by atoms with Gasteiger partial charge in [0.1, 0.15) is 0 Å². The minimum Gasteiger partial charge on any atom is -0.316 e. The van der Waals surface area contributed by atoms with E-state index in [1.54, 1.807) is 6.92 Å². The molecule has 108 valence electrons. The predicted molar refractivity (Wildman–Crippen MR) is 76.0 cm³/mol. The lowest BCUT2D eigenvalue weighted by Gasteiger charge is -2.23. The van der Waals surface area contributed by atoms with Crippen molar-refractivity contribution in [1.29, 1.82) is 0 Å². The fourth-order valence-corrected chi connectivity index (χ4v) is 4.10. The first kappa shape index (κ1) is 15.9. The summed E-state index contributed by atoms with van der Waals surface area (Å²) in [6.45, 7) is 9.43. The lowest BCUT2D eigenvalue weighted by Crippen LogP contribution is -2.45. The van der Waals surface area contributed by atoms with Gasteiger partial charge < -0.3 is 5.32 Å². The highest BCUT2D eigenvalue weighted by Crippen LogP contribution is 2.34. The molecule has 2 N–H and O–H groups in total. The predicted octanol–water partition coefficient (Wildman–Crippen LogP) is 1.73. The molecule has 1 aliphatic carbocycles. The van der Waals surface area contributed by atoms with Gasteiger partial charge >= 0.3 is 0 Å². The molecular weight excluding hydrogens is 248 g/mol. The molecule has 4 atom stereocenters. The van der Waals surface area contributed by atoms with Crippen molar-refractivity contribution in [3.63, 3.8) is 0 Å². The molecule has 0 aromatic heterocycles. The molecule has 1 saturated carbocycles. The molecule has 4 nitrogen and oxygen atoms in total. The Morgan fingerprint density at radius 1 is 1.28 bits per heavy atom. The summed E-state index contributed by atoms with van der Waals surface area (Å²) in [6, 6.07) is 0.129. The molecule has 0 amide bonds. The Kier molecular flexibility index (Phi) is 6.08. The van der Waals surface area contributed by atoms with Gasteiger partial charge in [-0.15, -0.1) is 0 Å². The summed E-state index contributed by atoms with van der Waals surface area (Å²) in [7, 11) is -3.19. The summed E-state index contributed by atoms with van der Waals surface area (Å²) in [5.74, 6) is 1.12. The standard InChI is InChI=1S/C13H28N2O2S/c1-5-12-7-8-13(11(12)4)15-18(16,17)10(3)9-14-6-2/h10-15H,5-9H2,1-4H3. The summed E-state index contributed by atoms with van der Waals surface area (Å²) < 4.78 is 27.3. The Hall–Kier alpha value is -0.130. The van der Waals surface area contributed by atoms with Crippen LogP contribution in [0.4, 0.5) is 0 Å². The monoisotopic (exact) mass is 276 g/mol. The van der Waals surface area contributed by atoms with E-state index in [0.717, 1.165) is 25.8 Å². The fourth-order valence-electron chi connectivity index (χ4n) is 2.77. The third kappa shape index (κ3) is 3.93. The molecule has 0 aromatic rings. The molecule has 0 aliphatic heterocycles. The first-order chi connectivity index (χ1) is 8.42. The van der Waals surface area contributed by atoms with Gasteiger partial charge in [0, 0.05) is 12.6 Å². The largest absolute Gasteiger partial charge is 0.316 e. The minimum absolute atomic E-state index is 0.129. The maximum Gasteiger partial charge on any atom is 0.215 e. The molecule has 1 rings (SSSR count). The Morgan fingerprint density at radius 3 is 2.44 bits per heavy atom. The summed E-state index contributed by atoms with van der Waals surface area (Å²) in [6.07, 6.45) is 3.27. The Morgan fingerprint density at radius 2 is 1.94 bits per heavy atom. The van der Waals surface area contributed by atoms with Gasteiger partial charge in [-0.2, -0.15) is 0 Å². The smallest absolute Gasteiger partial charge is 0.215 e. The summed E-state index contributed by atoms with van der Waals surface area (Å²) in [5, 5.41) is 2.72. The number of nitrogens with one attached hydrogen (secondary N) is 2. The molecule has 0 aromatic carbocycles. The van der Waals surface area contributed by atoms with E-state index >= 15 is 0 Å².